The van der Waals surface area contributed by atoms with Crippen LogP contribution in [-0.2, 0) is 4.79 Å². The van der Waals surface area contributed by atoms with Crippen molar-refractivity contribution in [2.24, 2.45) is 0 Å². The summed E-state index contributed by atoms with van der Waals surface area (Å²) in [7, 11) is 0. The summed E-state index contributed by atoms with van der Waals surface area (Å²) >= 11 is 0. The number of rotatable bonds is 5. The molecule has 25 heavy (non-hydrogen) atoms. The number of piperidine rings is 1. The van der Waals surface area contributed by atoms with Gasteiger partial charge in [-0.15, -0.1) is 0 Å². The summed E-state index contributed by atoms with van der Waals surface area (Å²) in [6.07, 6.45) is 5.16. The number of anilines is 2. The number of amides is 1. The predicted octanol–water partition coefficient (Wildman–Crippen LogP) is 3.87. The number of carbonyl (C=O) groups excluding carboxylic acids is 1. The second kappa shape index (κ2) is 8.05. The predicted molar refractivity (Wildman–Crippen MR) is 95.2 cm³/mol. The fraction of sp³-hybridized carbons (Fsp3) is 0.421. The number of halogens is 1. The third-order valence-electron chi connectivity index (χ3n) is 4.41. The van der Waals surface area contributed by atoms with Crippen LogP contribution in [0.25, 0.3) is 0 Å². The van der Waals surface area contributed by atoms with Crippen molar-refractivity contribution in [1.82, 2.24) is 14.9 Å². The van der Waals surface area contributed by atoms with Gasteiger partial charge in [-0.3, -0.25) is 4.79 Å². The Morgan fingerprint density at radius 1 is 1.40 bits per heavy atom. The summed E-state index contributed by atoms with van der Waals surface area (Å²) in [6, 6.07) is 8.11. The maximum absolute atomic E-state index is 13.3. The number of benzene rings is 1. The van der Waals surface area contributed by atoms with Crippen LogP contribution in [-0.4, -0.2) is 33.9 Å². The van der Waals surface area contributed by atoms with Gasteiger partial charge in [-0.1, -0.05) is 13.0 Å². The van der Waals surface area contributed by atoms with E-state index < -0.39 is 0 Å². The zero-order valence-corrected chi connectivity index (χ0v) is 14.4. The molecule has 1 atom stereocenters. The molecule has 0 radical (unpaired) electrons. The van der Waals surface area contributed by atoms with Crippen LogP contribution in [0.4, 0.5) is 16.0 Å². The number of likely N-dealkylation sites (tertiary alicyclic amines) is 1. The number of nitrogens with zero attached hydrogens (tertiary/aromatic N) is 3. The van der Waals surface area contributed by atoms with E-state index in [0.717, 1.165) is 31.5 Å². The van der Waals surface area contributed by atoms with Crippen LogP contribution in [0.2, 0.25) is 0 Å². The normalized spacial score (nSPS) is 17.4. The number of aromatic nitrogens is 2. The van der Waals surface area contributed by atoms with Gasteiger partial charge in [0.05, 0.1) is 5.69 Å². The minimum absolute atomic E-state index is 0.214. The van der Waals surface area contributed by atoms with Crippen molar-refractivity contribution in [1.29, 1.82) is 0 Å². The number of nitrogens with one attached hydrogen (secondary N) is 1. The molecular formula is C19H23FN4O. The average Bonchev–Trinajstić information content (AvgIpc) is 2.62. The SMILES string of the molecule is CCCC(=O)N1CCC[C@@H](c2ccnc(Nc3cccc(F)c3)n2)C1. The molecular weight excluding hydrogens is 319 g/mol. The van der Waals surface area contributed by atoms with Crippen LogP contribution in [0.15, 0.2) is 36.5 Å². The molecule has 1 amide bonds. The monoisotopic (exact) mass is 342 g/mol. The Morgan fingerprint density at radius 3 is 3.08 bits per heavy atom. The van der Waals surface area contributed by atoms with Crippen molar-refractivity contribution >= 4 is 17.5 Å². The maximum atomic E-state index is 13.3. The van der Waals surface area contributed by atoms with E-state index in [1.807, 2.05) is 17.9 Å². The standard InChI is InChI=1S/C19H23FN4O/c1-2-5-18(25)24-11-4-6-14(13-24)17-9-10-21-19(23-17)22-16-8-3-7-15(20)12-16/h3,7-10,12,14H,2,4-6,11,13H2,1H3,(H,21,22,23)/t14-/m1/s1. The minimum Gasteiger partial charge on any atom is -0.342 e. The van der Waals surface area contributed by atoms with Crippen LogP contribution in [0, 0.1) is 5.82 Å². The van der Waals surface area contributed by atoms with Crippen molar-refractivity contribution in [2.45, 2.75) is 38.5 Å². The van der Waals surface area contributed by atoms with Crippen LogP contribution >= 0.6 is 0 Å². The summed E-state index contributed by atoms with van der Waals surface area (Å²) in [6.45, 7) is 3.55. The summed E-state index contributed by atoms with van der Waals surface area (Å²) in [5.74, 6) is 0.573. The fourth-order valence-electron chi connectivity index (χ4n) is 3.17. The Balaban J connectivity index is 1.71. The molecule has 1 aliphatic heterocycles. The summed E-state index contributed by atoms with van der Waals surface area (Å²) in [4.78, 5) is 22.9. The highest BCUT2D eigenvalue weighted by molar-refractivity contribution is 5.76. The van der Waals surface area contributed by atoms with Crippen LogP contribution in [0.3, 0.4) is 0 Å². The summed E-state index contributed by atoms with van der Waals surface area (Å²) in [5, 5.41) is 3.04. The Kier molecular flexibility index (Phi) is 5.58. The van der Waals surface area contributed by atoms with Gasteiger partial charge in [0.2, 0.25) is 11.9 Å². The zero-order valence-electron chi connectivity index (χ0n) is 14.4. The second-order valence-electron chi connectivity index (χ2n) is 6.37. The van der Waals surface area contributed by atoms with Gasteiger partial charge in [0.25, 0.3) is 0 Å². The lowest BCUT2D eigenvalue weighted by atomic mass is 9.94. The van der Waals surface area contributed by atoms with Crippen molar-refractivity contribution < 1.29 is 9.18 Å². The van der Waals surface area contributed by atoms with E-state index in [1.54, 1.807) is 18.3 Å². The molecule has 1 N–H and O–H groups in total. The van der Waals surface area contributed by atoms with Gasteiger partial charge in [0.1, 0.15) is 5.82 Å². The van der Waals surface area contributed by atoms with Gasteiger partial charge >= 0.3 is 0 Å². The van der Waals surface area contributed by atoms with Gasteiger partial charge < -0.3 is 10.2 Å². The van der Waals surface area contributed by atoms with Crippen LogP contribution < -0.4 is 5.32 Å². The van der Waals surface area contributed by atoms with E-state index in [2.05, 4.69) is 15.3 Å². The molecule has 6 heteroatoms. The maximum Gasteiger partial charge on any atom is 0.227 e. The minimum atomic E-state index is -0.307. The van der Waals surface area contributed by atoms with Gasteiger partial charge in [-0.2, -0.15) is 0 Å². The van der Waals surface area contributed by atoms with E-state index in [9.17, 15) is 9.18 Å². The molecule has 5 nitrogen and oxygen atoms in total. The molecule has 0 unspecified atom stereocenters. The molecule has 0 spiro atoms. The first-order valence-corrected chi connectivity index (χ1v) is 8.79. The molecule has 3 rings (SSSR count). The smallest absolute Gasteiger partial charge is 0.227 e. The molecule has 0 saturated carbocycles. The molecule has 2 heterocycles. The summed E-state index contributed by atoms with van der Waals surface area (Å²) < 4.78 is 13.3. The van der Waals surface area contributed by atoms with Crippen LogP contribution in [0.5, 0.6) is 0 Å². The zero-order chi connectivity index (χ0) is 17.6. The molecule has 2 aromatic rings. The van der Waals surface area contributed by atoms with E-state index in [1.165, 1.54) is 12.1 Å². The first kappa shape index (κ1) is 17.3. The Labute approximate surface area is 147 Å². The molecule has 132 valence electrons. The van der Waals surface area contributed by atoms with Gasteiger partial charge in [0.15, 0.2) is 0 Å². The first-order valence-electron chi connectivity index (χ1n) is 8.79. The number of carbonyl (C=O) groups is 1. The number of hydrogen-bond donors (Lipinski definition) is 1. The topological polar surface area (TPSA) is 58.1 Å². The Morgan fingerprint density at radius 2 is 2.28 bits per heavy atom. The highest BCUT2D eigenvalue weighted by atomic mass is 19.1. The van der Waals surface area contributed by atoms with Gasteiger partial charge in [-0.25, -0.2) is 14.4 Å². The molecule has 1 saturated heterocycles. The lowest BCUT2D eigenvalue weighted by Crippen LogP contribution is -2.39. The summed E-state index contributed by atoms with van der Waals surface area (Å²) in [5.41, 5.74) is 1.53. The fourth-order valence-corrected chi connectivity index (χ4v) is 3.17. The van der Waals surface area contributed by atoms with Gasteiger partial charge in [0, 0.05) is 37.3 Å². The second-order valence-corrected chi connectivity index (χ2v) is 6.37. The third-order valence-corrected chi connectivity index (χ3v) is 4.41. The molecule has 1 aliphatic rings. The van der Waals surface area contributed by atoms with E-state index >= 15 is 0 Å². The lowest BCUT2D eigenvalue weighted by molar-refractivity contribution is -0.132. The quantitative estimate of drug-likeness (QED) is 0.896. The molecule has 1 aromatic heterocycles. The Hall–Kier alpha value is -2.50. The van der Waals surface area contributed by atoms with Crippen molar-refractivity contribution in [3.8, 4) is 0 Å². The molecule has 1 aromatic carbocycles. The largest absolute Gasteiger partial charge is 0.342 e. The lowest BCUT2D eigenvalue weighted by Gasteiger charge is -2.32. The van der Waals surface area contributed by atoms with E-state index in [4.69, 9.17) is 0 Å². The van der Waals surface area contributed by atoms with Crippen molar-refractivity contribution in [3.05, 3.63) is 48.0 Å². The van der Waals surface area contributed by atoms with E-state index in [-0.39, 0.29) is 17.6 Å². The van der Waals surface area contributed by atoms with Crippen molar-refractivity contribution in [3.63, 3.8) is 0 Å². The third kappa shape index (κ3) is 4.53. The highest BCUT2D eigenvalue weighted by Gasteiger charge is 2.25. The highest BCUT2D eigenvalue weighted by Crippen LogP contribution is 2.27. The average molecular weight is 342 g/mol. The first-order chi connectivity index (χ1) is 12.2. The molecule has 1 fully saturated rings. The van der Waals surface area contributed by atoms with Crippen LogP contribution in [0.1, 0.15) is 44.2 Å². The number of hydrogen-bond acceptors (Lipinski definition) is 4. The van der Waals surface area contributed by atoms with E-state index in [0.29, 0.717) is 24.6 Å². The Bertz CT molecular complexity index is 737. The van der Waals surface area contributed by atoms with Crippen molar-refractivity contribution in [2.75, 3.05) is 18.4 Å². The van der Waals surface area contributed by atoms with Gasteiger partial charge in [-0.05, 0) is 43.5 Å². The molecule has 0 bridgehead atoms. The molecule has 0 aliphatic carbocycles.